The Morgan fingerprint density at radius 2 is 1.86 bits per heavy atom. The van der Waals surface area contributed by atoms with E-state index in [-0.39, 0.29) is 5.91 Å². The SMILES string of the molecule is CCNc1ccc(C(=O)NCc2ccc(Cl)cc2)c(C)c1. The summed E-state index contributed by atoms with van der Waals surface area (Å²) in [6.45, 7) is 5.34. The Kier molecular flexibility index (Phi) is 5.23. The summed E-state index contributed by atoms with van der Waals surface area (Å²) in [6.07, 6.45) is 0. The van der Waals surface area contributed by atoms with Crippen LogP contribution in [-0.4, -0.2) is 12.5 Å². The van der Waals surface area contributed by atoms with Gasteiger partial charge in [-0.05, 0) is 55.3 Å². The monoisotopic (exact) mass is 302 g/mol. The molecule has 4 heteroatoms. The van der Waals surface area contributed by atoms with Gasteiger partial charge in [0.05, 0.1) is 0 Å². The van der Waals surface area contributed by atoms with Crippen LogP contribution in [0.4, 0.5) is 5.69 Å². The van der Waals surface area contributed by atoms with Crippen molar-refractivity contribution in [3.8, 4) is 0 Å². The fraction of sp³-hybridized carbons (Fsp3) is 0.235. The summed E-state index contributed by atoms with van der Waals surface area (Å²) in [7, 11) is 0. The van der Waals surface area contributed by atoms with Gasteiger partial charge in [0.2, 0.25) is 0 Å². The normalized spacial score (nSPS) is 10.2. The molecule has 0 heterocycles. The van der Waals surface area contributed by atoms with Gasteiger partial charge in [-0.15, -0.1) is 0 Å². The maximum atomic E-state index is 12.2. The second-order valence-corrected chi connectivity index (χ2v) is 5.31. The molecule has 2 aromatic carbocycles. The van der Waals surface area contributed by atoms with Gasteiger partial charge in [0.25, 0.3) is 5.91 Å². The first kappa shape index (κ1) is 15.4. The number of hydrogen-bond acceptors (Lipinski definition) is 2. The molecule has 0 unspecified atom stereocenters. The van der Waals surface area contributed by atoms with Gasteiger partial charge >= 0.3 is 0 Å². The van der Waals surface area contributed by atoms with Gasteiger partial charge in [0.15, 0.2) is 0 Å². The Hall–Kier alpha value is -2.00. The van der Waals surface area contributed by atoms with Gasteiger partial charge in [-0.2, -0.15) is 0 Å². The molecule has 1 amide bonds. The minimum absolute atomic E-state index is 0.0644. The molecule has 0 bridgehead atoms. The number of nitrogens with one attached hydrogen (secondary N) is 2. The second kappa shape index (κ2) is 7.14. The van der Waals surface area contributed by atoms with Gasteiger partial charge < -0.3 is 10.6 Å². The quantitative estimate of drug-likeness (QED) is 0.876. The van der Waals surface area contributed by atoms with Gasteiger partial charge in [-0.1, -0.05) is 23.7 Å². The topological polar surface area (TPSA) is 41.1 Å². The maximum absolute atomic E-state index is 12.2. The van der Waals surface area contributed by atoms with Crippen molar-refractivity contribution < 1.29 is 4.79 Å². The third kappa shape index (κ3) is 4.23. The molecule has 0 aromatic heterocycles. The number of halogens is 1. The highest BCUT2D eigenvalue weighted by Gasteiger charge is 2.09. The van der Waals surface area contributed by atoms with Crippen molar-refractivity contribution in [3.05, 3.63) is 64.2 Å². The Morgan fingerprint density at radius 1 is 1.14 bits per heavy atom. The van der Waals surface area contributed by atoms with Crippen LogP contribution < -0.4 is 10.6 Å². The molecule has 2 N–H and O–H groups in total. The van der Waals surface area contributed by atoms with Crippen molar-refractivity contribution in [1.29, 1.82) is 0 Å². The third-order valence-corrected chi connectivity index (χ3v) is 3.47. The molecule has 0 aliphatic carbocycles. The van der Waals surface area contributed by atoms with Crippen molar-refractivity contribution in [3.63, 3.8) is 0 Å². The highest BCUT2D eigenvalue weighted by Crippen LogP contribution is 2.15. The van der Waals surface area contributed by atoms with Crippen molar-refractivity contribution in [2.24, 2.45) is 0 Å². The van der Waals surface area contributed by atoms with Crippen molar-refractivity contribution in [2.75, 3.05) is 11.9 Å². The summed E-state index contributed by atoms with van der Waals surface area (Å²) >= 11 is 5.84. The highest BCUT2D eigenvalue weighted by molar-refractivity contribution is 6.30. The standard InChI is InChI=1S/C17H19ClN2O/c1-3-19-15-8-9-16(12(2)10-15)17(21)20-11-13-4-6-14(18)7-5-13/h4-10,19H,3,11H2,1-2H3,(H,20,21). The number of carbonyl (C=O) groups excluding carboxylic acids is 1. The van der Waals surface area contributed by atoms with Gasteiger partial charge in [0, 0.05) is 29.4 Å². The number of amides is 1. The molecule has 0 saturated heterocycles. The molecular formula is C17H19ClN2O. The molecular weight excluding hydrogens is 284 g/mol. The lowest BCUT2D eigenvalue weighted by Crippen LogP contribution is -2.23. The van der Waals surface area contributed by atoms with E-state index in [0.29, 0.717) is 17.1 Å². The lowest BCUT2D eigenvalue weighted by atomic mass is 10.1. The molecule has 21 heavy (non-hydrogen) atoms. The van der Waals surface area contributed by atoms with E-state index in [1.165, 1.54) is 0 Å². The van der Waals surface area contributed by atoms with E-state index in [9.17, 15) is 4.79 Å². The fourth-order valence-electron chi connectivity index (χ4n) is 2.11. The van der Waals surface area contributed by atoms with E-state index in [1.54, 1.807) is 0 Å². The number of aryl methyl sites for hydroxylation is 1. The average Bonchev–Trinajstić information content (AvgIpc) is 2.47. The van der Waals surface area contributed by atoms with E-state index in [2.05, 4.69) is 10.6 Å². The fourth-order valence-corrected chi connectivity index (χ4v) is 2.24. The van der Waals surface area contributed by atoms with Crippen LogP contribution in [0.5, 0.6) is 0 Å². The number of anilines is 1. The van der Waals surface area contributed by atoms with Gasteiger partial charge in [0.1, 0.15) is 0 Å². The largest absolute Gasteiger partial charge is 0.385 e. The summed E-state index contributed by atoms with van der Waals surface area (Å²) < 4.78 is 0. The molecule has 0 spiro atoms. The van der Waals surface area contributed by atoms with Crippen LogP contribution in [0.2, 0.25) is 5.02 Å². The minimum Gasteiger partial charge on any atom is -0.385 e. The molecule has 2 rings (SSSR count). The molecule has 0 atom stereocenters. The Balaban J connectivity index is 2.01. The predicted molar refractivity (Wildman–Crippen MR) is 88.0 cm³/mol. The highest BCUT2D eigenvalue weighted by atomic mass is 35.5. The van der Waals surface area contributed by atoms with Gasteiger partial charge in [-0.25, -0.2) is 0 Å². The van der Waals surface area contributed by atoms with Crippen LogP contribution in [0.25, 0.3) is 0 Å². The van der Waals surface area contributed by atoms with E-state index < -0.39 is 0 Å². The first-order valence-corrected chi connectivity index (χ1v) is 7.35. The maximum Gasteiger partial charge on any atom is 0.251 e. The number of hydrogen-bond donors (Lipinski definition) is 2. The summed E-state index contributed by atoms with van der Waals surface area (Å²) in [4.78, 5) is 12.2. The summed E-state index contributed by atoms with van der Waals surface area (Å²) in [6, 6.07) is 13.2. The molecule has 0 fully saturated rings. The Labute approximate surface area is 130 Å². The lowest BCUT2D eigenvalue weighted by molar-refractivity contribution is 0.0950. The smallest absolute Gasteiger partial charge is 0.251 e. The zero-order valence-electron chi connectivity index (χ0n) is 12.2. The predicted octanol–water partition coefficient (Wildman–Crippen LogP) is 4.01. The van der Waals surface area contributed by atoms with Gasteiger partial charge in [-0.3, -0.25) is 4.79 Å². The molecule has 0 aliphatic heterocycles. The molecule has 2 aromatic rings. The van der Waals surface area contributed by atoms with Crippen LogP contribution >= 0.6 is 11.6 Å². The molecule has 3 nitrogen and oxygen atoms in total. The zero-order chi connectivity index (χ0) is 15.2. The van der Waals surface area contributed by atoms with Crippen molar-refractivity contribution >= 4 is 23.2 Å². The first-order chi connectivity index (χ1) is 10.1. The molecule has 0 aliphatic rings. The van der Waals surface area contributed by atoms with Crippen molar-refractivity contribution in [2.45, 2.75) is 20.4 Å². The number of carbonyl (C=O) groups is 1. The summed E-state index contributed by atoms with van der Waals surface area (Å²) in [5, 5.41) is 6.85. The van der Waals surface area contributed by atoms with Crippen LogP contribution in [0.15, 0.2) is 42.5 Å². The van der Waals surface area contributed by atoms with E-state index in [1.807, 2.05) is 56.3 Å². The number of benzene rings is 2. The minimum atomic E-state index is -0.0644. The third-order valence-electron chi connectivity index (χ3n) is 3.22. The Bertz CT molecular complexity index is 623. The van der Waals surface area contributed by atoms with Crippen LogP contribution in [-0.2, 0) is 6.54 Å². The first-order valence-electron chi connectivity index (χ1n) is 6.97. The lowest BCUT2D eigenvalue weighted by Gasteiger charge is -2.10. The van der Waals surface area contributed by atoms with Crippen molar-refractivity contribution in [1.82, 2.24) is 5.32 Å². The Morgan fingerprint density at radius 3 is 2.48 bits per heavy atom. The average molecular weight is 303 g/mol. The number of rotatable bonds is 5. The molecule has 0 radical (unpaired) electrons. The van der Waals surface area contributed by atoms with E-state index in [0.717, 1.165) is 23.4 Å². The zero-order valence-corrected chi connectivity index (χ0v) is 13.0. The van der Waals surface area contributed by atoms with Crippen LogP contribution in [0.3, 0.4) is 0 Å². The summed E-state index contributed by atoms with van der Waals surface area (Å²) in [5.41, 5.74) is 3.71. The molecule has 110 valence electrons. The molecule has 0 saturated carbocycles. The second-order valence-electron chi connectivity index (χ2n) is 4.87. The summed E-state index contributed by atoms with van der Waals surface area (Å²) in [5.74, 6) is -0.0644. The van der Waals surface area contributed by atoms with E-state index >= 15 is 0 Å². The van der Waals surface area contributed by atoms with Crippen LogP contribution in [0.1, 0.15) is 28.4 Å². The van der Waals surface area contributed by atoms with Crippen LogP contribution in [0, 0.1) is 6.92 Å². The van der Waals surface area contributed by atoms with E-state index in [4.69, 9.17) is 11.6 Å².